The van der Waals surface area contributed by atoms with Crippen molar-refractivity contribution in [2.75, 3.05) is 24.8 Å². The van der Waals surface area contributed by atoms with Gasteiger partial charge in [0.2, 0.25) is 0 Å². The van der Waals surface area contributed by atoms with E-state index in [2.05, 4.69) is 15.8 Å². The Balaban J connectivity index is 1.64. The molecular formula is C25H27N3O4S2. The second-order valence-electron chi connectivity index (χ2n) is 7.38. The molecule has 1 aromatic heterocycles. The van der Waals surface area contributed by atoms with Crippen molar-refractivity contribution in [3.05, 3.63) is 81.7 Å². The number of aliphatic hydroxyl groups is 1. The first-order valence-corrected chi connectivity index (χ1v) is 12.7. The van der Waals surface area contributed by atoms with Crippen molar-refractivity contribution in [2.45, 2.75) is 19.1 Å². The Labute approximate surface area is 207 Å². The van der Waals surface area contributed by atoms with Crippen LogP contribution in [0.5, 0.6) is 5.75 Å². The van der Waals surface area contributed by atoms with Gasteiger partial charge in [0.25, 0.3) is 11.8 Å². The highest BCUT2D eigenvalue weighted by Gasteiger charge is 2.19. The fraction of sp³-hybridized carbons (Fsp3) is 0.240. The summed E-state index contributed by atoms with van der Waals surface area (Å²) in [5.41, 5.74) is 6.04. The van der Waals surface area contributed by atoms with Gasteiger partial charge in [0.15, 0.2) is 0 Å². The molecule has 178 valence electrons. The van der Waals surface area contributed by atoms with Crippen LogP contribution in [0, 0.1) is 6.92 Å². The van der Waals surface area contributed by atoms with E-state index >= 15 is 0 Å². The summed E-state index contributed by atoms with van der Waals surface area (Å²) in [5, 5.41) is 18.1. The van der Waals surface area contributed by atoms with Crippen molar-refractivity contribution < 1.29 is 19.4 Å². The van der Waals surface area contributed by atoms with Crippen LogP contribution < -0.4 is 15.5 Å². The van der Waals surface area contributed by atoms with E-state index in [1.165, 1.54) is 11.3 Å². The zero-order valence-electron chi connectivity index (χ0n) is 19.0. The van der Waals surface area contributed by atoms with E-state index in [0.717, 1.165) is 40.4 Å². The smallest absolute Gasteiger partial charge is 0.274 e. The normalized spacial score (nSPS) is 10.9. The number of nitrogens with zero attached hydrogens (tertiary/aromatic N) is 1. The van der Waals surface area contributed by atoms with Crippen LogP contribution in [0.15, 0.2) is 59.0 Å². The lowest BCUT2D eigenvalue weighted by molar-refractivity contribution is 0.0956. The predicted molar refractivity (Wildman–Crippen MR) is 139 cm³/mol. The number of thioether (sulfide) groups is 1. The molecule has 0 bridgehead atoms. The SMILES string of the molecule is COc1ccc(C=NNC(=O)c2c(C)csc2NC(=O)c2cccc(CSCCCO)c2)cc1. The number of amides is 2. The van der Waals surface area contributed by atoms with Crippen LogP contribution in [0.1, 0.15) is 43.8 Å². The summed E-state index contributed by atoms with van der Waals surface area (Å²) in [7, 11) is 1.60. The molecular weight excluding hydrogens is 470 g/mol. The number of aliphatic hydroxyl groups excluding tert-OH is 1. The molecule has 3 rings (SSSR count). The molecule has 0 radical (unpaired) electrons. The molecule has 3 aromatic rings. The molecule has 2 aromatic carbocycles. The van der Waals surface area contributed by atoms with Crippen molar-refractivity contribution in [1.82, 2.24) is 5.43 Å². The number of thiophene rings is 1. The number of methoxy groups -OCH3 is 1. The average molecular weight is 498 g/mol. The molecule has 0 aliphatic rings. The van der Waals surface area contributed by atoms with Crippen LogP contribution in [0.3, 0.4) is 0 Å². The van der Waals surface area contributed by atoms with Crippen molar-refractivity contribution in [2.24, 2.45) is 5.10 Å². The van der Waals surface area contributed by atoms with E-state index in [4.69, 9.17) is 9.84 Å². The number of nitrogens with one attached hydrogen (secondary N) is 2. The van der Waals surface area contributed by atoms with Crippen LogP contribution in [0.25, 0.3) is 0 Å². The van der Waals surface area contributed by atoms with Crippen molar-refractivity contribution in [3.8, 4) is 5.75 Å². The molecule has 0 aliphatic carbocycles. The Morgan fingerprint density at radius 2 is 1.97 bits per heavy atom. The summed E-state index contributed by atoms with van der Waals surface area (Å²) < 4.78 is 5.13. The van der Waals surface area contributed by atoms with E-state index in [9.17, 15) is 9.59 Å². The van der Waals surface area contributed by atoms with Gasteiger partial charge in [0.1, 0.15) is 10.8 Å². The van der Waals surface area contributed by atoms with E-state index in [-0.39, 0.29) is 12.5 Å². The maximum Gasteiger partial charge on any atom is 0.274 e. The van der Waals surface area contributed by atoms with Gasteiger partial charge in [-0.2, -0.15) is 16.9 Å². The van der Waals surface area contributed by atoms with Crippen molar-refractivity contribution in [1.29, 1.82) is 0 Å². The van der Waals surface area contributed by atoms with Crippen LogP contribution in [-0.4, -0.2) is 42.6 Å². The predicted octanol–water partition coefficient (Wildman–Crippen LogP) is 4.70. The lowest BCUT2D eigenvalue weighted by Gasteiger charge is -2.08. The van der Waals surface area contributed by atoms with Gasteiger partial charge in [-0.05, 0) is 77.6 Å². The summed E-state index contributed by atoms with van der Waals surface area (Å²) in [6.07, 6.45) is 2.29. The standard InChI is InChI=1S/C25H27N3O4S2/c1-17-15-34-25(22(17)24(31)28-26-14-18-7-9-21(32-2)10-8-18)27-23(30)20-6-3-5-19(13-20)16-33-12-4-11-29/h3,5-10,13-15,29H,4,11-12,16H2,1-2H3,(H,27,30)(H,28,31). The number of hydrazone groups is 1. The Morgan fingerprint density at radius 3 is 2.71 bits per heavy atom. The highest BCUT2D eigenvalue weighted by atomic mass is 32.2. The lowest BCUT2D eigenvalue weighted by Crippen LogP contribution is -2.21. The molecule has 0 aliphatic heterocycles. The Kier molecular flexibility index (Phi) is 9.69. The number of benzene rings is 2. The van der Waals surface area contributed by atoms with Crippen LogP contribution in [-0.2, 0) is 5.75 Å². The maximum atomic E-state index is 12.9. The molecule has 0 saturated carbocycles. The second kappa shape index (κ2) is 12.9. The van der Waals surface area contributed by atoms with Gasteiger partial charge in [-0.25, -0.2) is 5.43 Å². The highest BCUT2D eigenvalue weighted by Crippen LogP contribution is 2.28. The fourth-order valence-electron chi connectivity index (χ4n) is 3.06. The molecule has 0 unspecified atom stereocenters. The average Bonchev–Trinajstić information content (AvgIpc) is 3.22. The number of rotatable bonds is 11. The van der Waals surface area contributed by atoms with E-state index in [1.807, 2.05) is 54.8 Å². The number of ether oxygens (including phenoxy) is 1. The quantitative estimate of drug-likeness (QED) is 0.203. The van der Waals surface area contributed by atoms with Gasteiger partial charge in [0, 0.05) is 17.9 Å². The molecule has 7 nitrogen and oxygen atoms in total. The third-order valence-electron chi connectivity index (χ3n) is 4.83. The summed E-state index contributed by atoms with van der Waals surface area (Å²) >= 11 is 3.01. The first-order valence-electron chi connectivity index (χ1n) is 10.7. The molecule has 0 spiro atoms. The van der Waals surface area contributed by atoms with Gasteiger partial charge in [-0.15, -0.1) is 11.3 Å². The summed E-state index contributed by atoms with van der Waals surface area (Å²) in [6.45, 7) is 2.00. The van der Waals surface area contributed by atoms with Gasteiger partial charge >= 0.3 is 0 Å². The lowest BCUT2D eigenvalue weighted by atomic mass is 10.1. The highest BCUT2D eigenvalue weighted by molar-refractivity contribution is 7.98. The summed E-state index contributed by atoms with van der Waals surface area (Å²) in [4.78, 5) is 25.6. The fourth-order valence-corrected chi connectivity index (χ4v) is 4.89. The van der Waals surface area contributed by atoms with E-state index in [0.29, 0.717) is 16.1 Å². The van der Waals surface area contributed by atoms with E-state index < -0.39 is 5.91 Å². The number of aryl methyl sites for hydroxylation is 1. The third kappa shape index (κ3) is 7.18. The molecule has 0 saturated heterocycles. The third-order valence-corrected chi connectivity index (χ3v) is 6.96. The molecule has 0 fully saturated rings. The first kappa shape index (κ1) is 25.5. The minimum Gasteiger partial charge on any atom is -0.497 e. The minimum atomic E-state index is -0.396. The Hall–Kier alpha value is -3.14. The molecule has 0 atom stereocenters. The monoisotopic (exact) mass is 497 g/mol. The van der Waals surface area contributed by atoms with E-state index in [1.54, 1.807) is 31.2 Å². The van der Waals surface area contributed by atoms with Crippen molar-refractivity contribution in [3.63, 3.8) is 0 Å². The van der Waals surface area contributed by atoms with Crippen molar-refractivity contribution >= 4 is 46.1 Å². The first-order chi connectivity index (χ1) is 16.5. The van der Waals surface area contributed by atoms with Gasteiger partial charge in [0.05, 0.1) is 18.9 Å². The summed E-state index contributed by atoms with van der Waals surface area (Å²) in [5.74, 6) is 1.69. The number of carbonyl (C=O) groups excluding carboxylic acids is 2. The Bertz CT molecular complexity index is 1140. The number of carbonyl (C=O) groups is 2. The van der Waals surface area contributed by atoms with Gasteiger partial charge in [-0.1, -0.05) is 12.1 Å². The molecule has 34 heavy (non-hydrogen) atoms. The topological polar surface area (TPSA) is 100 Å². The molecule has 1 heterocycles. The molecule has 3 N–H and O–H groups in total. The number of hydrogen-bond acceptors (Lipinski definition) is 7. The maximum absolute atomic E-state index is 12.9. The zero-order valence-corrected chi connectivity index (χ0v) is 20.7. The molecule has 2 amide bonds. The Morgan fingerprint density at radius 1 is 1.18 bits per heavy atom. The zero-order chi connectivity index (χ0) is 24.3. The van der Waals surface area contributed by atoms with Gasteiger partial charge < -0.3 is 15.2 Å². The second-order valence-corrected chi connectivity index (χ2v) is 9.36. The van der Waals surface area contributed by atoms with Crippen LogP contribution in [0.4, 0.5) is 5.00 Å². The summed E-state index contributed by atoms with van der Waals surface area (Å²) in [6, 6.07) is 14.7. The van der Waals surface area contributed by atoms with Crippen LogP contribution in [0.2, 0.25) is 0 Å². The number of hydrogen-bond donors (Lipinski definition) is 3. The number of anilines is 1. The van der Waals surface area contributed by atoms with Crippen LogP contribution >= 0.6 is 23.1 Å². The largest absolute Gasteiger partial charge is 0.497 e. The minimum absolute atomic E-state index is 0.179. The molecule has 9 heteroatoms. The van der Waals surface area contributed by atoms with Gasteiger partial charge in [-0.3, -0.25) is 9.59 Å².